The number of hydrogen-bond acceptors (Lipinski definition) is 7. The Labute approximate surface area is 210 Å². The van der Waals surface area contributed by atoms with Gasteiger partial charge in [0, 0.05) is 17.4 Å². The number of nitrogens with zero attached hydrogens (tertiary/aromatic N) is 1. The molecule has 0 atom stereocenters. The normalized spacial score (nSPS) is 17.4. The van der Waals surface area contributed by atoms with Crippen LogP contribution in [0.15, 0.2) is 30.3 Å². The van der Waals surface area contributed by atoms with E-state index in [4.69, 9.17) is 4.74 Å². The SMILES string of the molecule is CCCC(=O)OC1(C#Cc2ccc3c4c(cccc24)C(=O)N(OS(=O)(=O)C(F)(F)F)C3=O)CCCCC1. The Hall–Kier alpha value is -3.43. The number of carbonyl (C=O) groups excluding carboxylic acids is 3. The van der Waals surface area contributed by atoms with Crippen LogP contribution < -0.4 is 0 Å². The highest BCUT2D eigenvalue weighted by molar-refractivity contribution is 7.87. The van der Waals surface area contributed by atoms with Crippen molar-refractivity contribution < 1.29 is 45.0 Å². The number of alkyl halides is 3. The molecule has 2 aromatic carbocycles. The average molecular weight is 538 g/mol. The number of hydrogen-bond donors (Lipinski definition) is 0. The summed E-state index contributed by atoms with van der Waals surface area (Å²) in [6.45, 7) is 1.86. The van der Waals surface area contributed by atoms with Crippen molar-refractivity contribution in [3.05, 3.63) is 47.0 Å². The Morgan fingerprint density at radius 2 is 1.70 bits per heavy atom. The smallest absolute Gasteiger partial charge is 0.446 e. The van der Waals surface area contributed by atoms with Gasteiger partial charge in [0.2, 0.25) is 0 Å². The fourth-order valence-corrected chi connectivity index (χ4v) is 4.84. The summed E-state index contributed by atoms with van der Waals surface area (Å²) in [7, 11) is -6.26. The number of halogens is 3. The lowest BCUT2D eigenvalue weighted by molar-refractivity contribution is -0.156. The Kier molecular flexibility index (Phi) is 7.05. The molecular weight excluding hydrogens is 515 g/mol. The summed E-state index contributed by atoms with van der Waals surface area (Å²) >= 11 is 0. The maximum atomic E-state index is 12.8. The predicted octanol–water partition coefficient (Wildman–Crippen LogP) is 4.61. The quantitative estimate of drug-likeness (QED) is 0.237. The fourth-order valence-electron chi connectivity index (χ4n) is 4.42. The van der Waals surface area contributed by atoms with Gasteiger partial charge in [-0.1, -0.05) is 31.4 Å². The Morgan fingerprint density at radius 1 is 1.05 bits per heavy atom. The van der Waals surface area contributed by atoms with Crippen LogP contribution in [0.1, 0.15) is 78.1 Å². The standard InChI is InChI=1S/C25H22F3NO7S/c1-2-7-20(30)35-24(13-4-3-5-14-24)15-12-16-10-11-19-21-17(16)8-6-9-18(21)22(31)29(23(19)32)36-37(33,34)25(26,27)28/h6,8-11H,2-5,7,13-14H2,1H3. The van der Waals surface area contributed by atoms with Crippen molar-refractivity contribution in [1.29, 1.82) is 0 Å². The van der Waals surface area contributed by atoms with Gasteiger partial charge in [0.05, 0.1) is 11.1 Å². The van der Waals surface area contributed by atoms with Gasteiger partial charge in [0.1, 0.15) is 0 Å². The van der Waals surface area contributed by atoms with E-state index in [1.165, 1.54) is 24.3 Å². The van der Waals surface area contributed by atoms with Crippen LogP contribution in [-0.4, -0.2) is 42.4 Å². The van der Waals surface area contributed by atoms with Crippen LogP contribution in [0.4, 0.5) is 13.2 Å². The highest BCUT2D eigenvalue weighted by atomic mass is 32.2. The Bertz CT molecular complexity index is 1430. The van der Waals surface area contributed by atoms with E-state index in [9.17, 15) is 36.0 Å². The molecule has 12 heteroatoms. The molecule has 0 N–H and O–H groups in total. The van der Waals surface area contributed by atoms with E-state index in [1.807, 2.05) is 6.92 Å². The molecule has 1 heterocycles. The lowest BCUT2D eigenvalue weighted by atomic mass is 9.84. The largest absolute Gasteiger partial charge is 0.525 e. The molecule has 2 aromatic rings. The summed E-state index contributed by atoms with van der Waals surface area (Å²) in [6, 6.07) is 6.91. The summed E-state index contributed by atoms with van der Waals surface area (Å²) in [5, 5.41) is 0.0535. The van der Waals surface area contributed by atoms with Gasteiger partial charge in [-0.2, -0.15) is 21.6 Å². The highest BCUT2D eigenvalue weighted by Crippen LogP contribution is 2.35. The van der Waals surface area contributed by atoms with Crippen molar-refractivity contribution in [2.45, 2.75) is 63.0 Å². The number of hydroxylamine groups is 2. The molecule has 0 aromatic heterocycles. The molecule has 1 aliphatic heterocycles. The number of esters is 1. The third kappa shape index (κ3) is 5.06. The van der Waals surface area contributed by atoms with E-state index in [1.54, 1.807) is 6.07 Å². The number of amides is 2. The second-order valence-corrected chi connectivity index (χ2v) is 10.3. The maximum Gasteiger partial charge on any atom is 0.525 e. The molecule has 0 spiro atoms. The van der Waals surface area contributed by atoms with E-state index in [0.29, 0.717) is 30.2 Å². The lowest BCUT2D eigenvalue weighted by Crippen LogP contribution is -2.44. The van der Waals surface area contributed by atoms with Crippen molar-refractivity contribution >= 4 is 38.7 Å². The monoisotopic (exact) mass is 537 g/mol. The number of ether oxygens (including phenoxy) is 1. The van der Waals surface area contributed by atoms with Gasteiger partial charge in [0.15, 0.2) is 5.60 Å². The van der Waals surface area contributed by atoms with Crippen molar-refractivity contribution in [3.63, 3.8) is 0 Å². The van der Waals surface area contributed by atoms with Crippen molar-refractivity contribution in [1.82, 2.24) is 5.06 Å². The zero-order valence-corrected chi connectivity index (χ0v) is 20.5. The summed E-state index contributed by atoms with van der Waals surface area (Å²) in [5.74, 6) is 3.02. The van der Waals surface area contributed by atoms with E-state index in [0.717, 1.165) is 19.3 Å². The molecule has 2 aliphatic rings. The first kappa shape index (κ1) is 26.6. The van der Waals surface area contributed by atoms with Crippen molar-refractivity contribution in [3.8, 4) is 11.8 Å². The van der Waals surface area contributed by atoms with Gasteiger partial charge in [-0.3, -0.25) is 14.4 Å². The molecule has 0 radical (unpaired) electrons. The molecule has 0 saturated heterocycles. The maximum absolute atomic E-state index is 12.8. The highest BCUT2D eigenvalue weighted by Gasteiger charge is 2.51. The van der Waals surface area contributed by atoms with Crippen LogP contribution in [0.25, 0.3) is 10.8 Å². The molecule has 1 fully saturated rings. The molecule has 2 amide bonds. The number of carbonyl (C=O) groups is 3. The van der Waals surface area contributed by atoms with Crippen LogP contribution in [0.5, 0.6) is 0 Å². The Balaban J connectivity index is 1.76. The molecule has 37 heavy (non-hydrogen) atoms. The number of imide groups is 1. The average Bonchev–Trinajstić information content (AvgIpc) is 2.84. The van der Waals surface area contributed by atoms with Crippen LogP contribution >= 0.6 is 0 Å². The third-order valence-electron chi connectivity index (χ3n) is 6.18. The van der Waals surface area contributed by atoms with E-state index in [2.05, 4.69) is 16.1 Å². The fraction of sp³-hybridized carbons (Fsp3) is 0.400. The Morgan fingerprint density at radius 3 is 2.32 bits per heavy atom. The van der Waals surface area contributed by atoms with Crippen LogP contribution in [0.2, 0.25) is 0 Å². The predicted molar refractivity (Wildman–Crippen MR) is 124 cm³/mol. The van der Waals surface area contributed by atoms with Gasteiger partial charge < -0.3 is 4.74 Å². The minimum absolute atomic E-state index is 0.106. The summed E-state index contributed by atoms with van der Waals surface area (Å²) in [5.41, 5.74) is -6.86. The molecular formula is C25H22F3NO7S. The summed E-state index contributed by atoms with van der Waals surface area (Å²) < 4.78 is 71.0. The minimum Gasteiger partial charge on any atom is -0.446 e. The van der Waals surface area contributed by atoms with Gasteiger partial charge in [-0.15, -0.1) is 9.35 Å². The lowest BCUT2D eigenvalue weighted by Gasteiger charge is -2.32. The van der Waals surface area contributed by atoms with E-state index in [-0.39, 0.29) is 28.9 Å². The molecule has 0 bridgehead atoms. The number of rotatable bonds is 5. The van der Waals surface area contributed by atoms with Gasteiger partial charge >= 0.3 is 21.6 Å². The third-order valence-corrected chi connectivity index (χ3v) is 7.09. The van der Waals surface area contributed by atoms with Gasteiger partial charge in [0.25, 0.3) is 11.8 Å². The van der Waals surface area contributed by atoms with Crippen molar-refractivity contribution in [2.75, 3.05) is 0 Å². The number of benzene rings is 2. The minimum atomic E-state index is -6.26. The van der Waals surface area contributed by atoms with E-state index < -0.39 is 38.1 Å². The molecule has 0 unspecified atom stereocenters. The second kappa shape index (κ2) is 9.79. The van der Waals surface area contributed by atoms with Gasteiger partial charge in [-0.05, 0) is 61.6 Å². The zero-order valence-electron chi connectivity index (χ0n) is 19.7. The summed E-state index contributed by atoms with van der Waals surface area (Å²) in [4.78, 5) is 37.9. The summed E-state index contributed by atoms with van der Waals surface area (Å²) in [6.07, 6.45) is 4.67. The van der Waals surface area contributed by atoms with E-state index >= 15 is 0 Å². The first-order valence-corrected chi connectivity index (χ1v) is 13.0. The zero-order chi connectivity index (χ0) is 27.0. The first-order chi connectivity index (χ1) is 17.4. The second-order valence-electron chi connectivity index (χ2n) is 8.80. The first-order valence-electron chi connectivity index (χ1n) is 11.6. The molecule has 196 valence electrons. The van der Waals surface area contributed by atoms with Crippen LogP contribution in [0, 0.1) is 11.8 Å². The van der Waals surface area contributed by atoms with Crippen LogP contribution in [-0.2, 0) is 23.9 Å². The molecule has 4 rings (SSSR count). The van der Waals surface area contributed by atoms with Crippen LogP contribution in [0.3, 0.4) is 0 Å². The van der Waals surface area contributed by atoms with Crippen molar-refractivity contribution in [2.24, 2.45) is 0 Å². The topological polar surface area (TPSA) is 107 Å². The molecule has 1 aliphatic carbocycles. The molecule has 8 nitrogen and oxygen atoms in total. The molecule has 1 saturated carbocycles. The van der Waals surface area contributed by atoms with Gasteiger partial charge in [-0.25, -0.2) is 0 Å².